The number of rotatable bonds is 2. The van der Waals surface area contributed by atoms with Crippen LogP contribution in [-0.4, -0.2) is 13.2 Å². The quantitative estimate of drug-likeness (QED) is 0.787. The zero-order valence-corrected chi connectivity index (χ0v) is 11.1. The topological polar surface area (TPSA) is 20.2 Å². The fourth-order valence-corrected chi connectivity index (χ4v) is 3.91. The van der Waals surface area contributed by atoms with Crippen molar-refractivity contribution < 1.29 is 5.11 Å². The molecule has 0 saturated heterocycles. The fourth-order valence-electron chi connectivity index (χ4n) is 2.21. The van der Waals surface area contributed by atoms with Gasteiger partial charge in [0.1, 0.15) is 0 Å². The Balaban J connectivity index is 2.78. The minimum atomic E-state index is -1.38. The first-order valence-corrected chi connectivity index (χ1v) is 9.16. The molecule has 0 saturated carbocycles. The third-order valence-corrected chi connectivity index (χ3v) is 5.09. The Morgan fingerprint density at radius 3 is 2.31 bits per heavy atom. The second kappa shape index (κ2) is 4.04. The molecule has 2 aromatic carbocycles. The summed E-state index contributed by atoms with van der Waals surface area (Å²) >= 11 is 0. The third kappa shape index (κ3) is 1.91. The molecule has 0 fully saturated rings. The lowest BCUT2D eigenvalue weighted by molar-refractivity contribution is 0.284. The maximum atomic E-state index is 9.60. The van der Waals surface area contributed by atoms with Gasteiger partial charge in [-0.05, 0) is 16.3 Å². The van der Waals surface area contributed by atoms with Gasteiger partial charge in [0, 0.05) is 0 Å². The largest absolute Gasteiger partial charge is 0.392 e. The Bertz CT molecular complexity index is 512. The Morgan fingerprint density at radius 1 is 1.00 bits per heavy atom. The van der Waals surface area contributed by atoms with E-state index < -0.39 is 8.07 Å². The minimum absolute atomic E-state index is 0.140. The monoisotopic (exact) mass is 230 g/mol. The molecule has 0 atom stereocenters. The molecule has 0 unspecified atom stereocenters. The molecule has 2 rings (SSSR count). The molecule has 2 aromatic rings. The lowest BCUT2D eigenvalue weighted by Crippen LogP contribution is -2.40. The molecule has 0 spiro atoms. The van der Waals surface area contributed by atoms with Gasteiger partial charge in [-0.3, -0.25) is 0 Å². The van der Waals surface area contributed by atoms with E-state index in [9.17, 15) is 5.11 Å². The smallest absolute Gasteiger partial charge is 0.0780 e. The summed E-state index contributed by atoms with van der Waals surface area (Å²) in [5, 5.41) is 13.4. The zero-order chi connectivity index (χ0) is 11.8. The Kier molecular flexibility index (Phi) is 2.87. The molecule has 1 N–H and O–H groups in total. The normalized spacial score (nSPS) is 12.0. The summed E-state index contributed by atoms with van der Waals surface area (Å²) in [6, 6.07) is 12.6. The van der Waals surface area contributed by atoms with E-state index in [1.807, 2.05) is 12.1 Å². The lowest BCUT2D eigenvalue weighted by Gasteiger charge is -2.21. The summed E-state index contributed by atoms with van der Waals surface area (Å²) in [6.45, 7) is 7.09. The molecule has 2 heteroatoms. The van der Waals surface area contributed by atoms with E-state index in [0.717, 1.165) is 5.56 Å². The highest BCUT2D eigenvalue weighted by Gasteiger charge is 2.20. The van der Waals surface area contributed by atoms with E-state index in [1.54, 1.807) is 0 Å². The second-order valence-electron chi connectivity index (χ2n) is 5.22. The van der Waals surface area contributed by atoms with Crippen LogP contribution in [0.15, 0.2) is 36.4 Å². The fraction of sp³-hybridized carbons (Fsp3) is 0.286. The van der Waals surface area contributed by atoms with E-state index in [-0.39, 0.29) is 6.61 Å². The van der Waals surface area contributed by atoms with Gasteiger partial charge in [0.25, 0.3) is 0 Å². The highest BCUT2D eigenvalue weighted by Crippen LogP contribution is 2.19. The molecule has 0 aliphatic heterocycles. The van der Waals surface area contributed by atoms with Crippen molar-refractivity contribution in [1.82, 2.24) is 0 Å². The minimum Gasteiger partial charge on any atom is -0.392 e. The van der Waals surface area contributed by atoms with Gasteiger partial charge in [-0.15, -0.1) is 0 Å². The highest BCUT2D eigenvalue weighted by atomic mass is 28.3. The van der Waals surface area contributed by atoms with E-state index >= 15 is 0 Å². The van der Waals surface area contributed by atoms with Crippen molar-refractivity contribution in [2.75, 3.05) is 0 Å². The first kappa shape index (κ1) is 11.4. The summed E-state index contributed by atoms with van der Waals surface area (Å²) in [7, 11) is -1.38. The van der Waals surface area contributed by atoms with Crippen molar-refractivity contribution in [2.45, 2.75) is 26.2 Å². The number of hydrogen-bond donors (Lipinski definition) is 1. The predicted molar refractivity (Wildman–Crippen MR) is 72.9 cm³/mol. The number of aliphatic hydroxyl groups excluding tert-OH is 1. The number of hydrogen-bond acceptors (Lipinski definition) is 1. The average molecular weight is 230 g/mol. The van der Waals surface area contributed by atoms with E-state index in [1.165, 1.54) is 16.0 Å². The highest BCUT2D eigenvalue weighted by molar-refractivity contribution is 6.89. The summed E-state index contributed by atoms with van der Waals surface area (Å²) in [5.74, 6) is 0. The van der Waals surface area contributed by atoms with Gasteiger partial charge < -0.3 is 5.11 Å². The number of fused-ring (bicyclic) bond motifs is 1. The van der Waals surface area contributed by atoms with Crippen LogP contribution in [0.1, 0.15) is 5.56 Å². The maximum Gasteiger partial charge on any atom is 0.0780 e. The Morgan fingerprint density at radius 2 is 1.69 bits per heavy atom. The first-order valence-electron chi connectivity index (χ1n) is 5.66. The molecule has 0 aromatic heterocycles. The lowest BCUT2D eigenvalue weighted by atomic mass is 10.1. The van der Waals surface area contributed by atoms with Crippen molar-refractivity contribution in [3.05, 3.63) is 42.0 Å². The van der Waals surface area contributed by atoms with Crippen LogP contribution in [0.2, 0.25) is 19.6 Å². The number of aliphatic hydroxyl groups is 1. The Hall–Kier alpha value is -1.12. The molecule has 0 amide bonds. The van der Waals surface area contributed by atoms with E-state index in [0.29, 0.717) is 0 Å². The number of benzene rings is 2. The van der Waals surface area contributed by atoms with Crippen molar-refractivity contribution in [1.29, 1.82) is 0 Å². The molecule has 0 aliphatic carbocycles. The molecule has 1 nitrogen and oxygen atoms in total. The van der Waals surface area contributed by atoms with E-state index in [4.69, 9.17) is 0 Å². The molecule has 0 aliphatic rings. The maximum absolute atomic E-state index is 9.60. The molecule has 0 radical (unpaired) electrons. The standard InChI is InChI=1S/C14H18OSi/c1-16(2,3)14-9-8-11-6-4-5-7-12(11)13(14)10-15/h4-9,15H,10H2,1-3H3. The van der Waals surface area contributed by atoms with Crippen LogP contribution in [0, 0.1) is 0 Å². The van der Waals surface area contributed by atoms with E-state index in [2.05, 4.69) is 43.9 Å². The van der Waals surface area contributed by atoms with Crippen molar-refractivity contribution in [3.8, 4) is 0 Å². The van der Waals surface area contributed by atoms with Crippen LogP contribution in [-0.2, 0) is 6.61 Å². The summed E-state index contributed by atoms with van der Waals surface area (Å²) < 4.78 is 0. The van der Waals surface area contributed by atoms with Gasteiger partial charge in [0.2, 0.25) is 0 Å². The van der Waals surface area contributed by atoms with Crippen LogP contribution in [0.3, 0.4) is 0 Å². The second-order valence-corrected chi connectivity index (χ2v) is 10.3. The third-order valence-electron chi connectivity index (χ3n) is 3.01. The molecular weight excluding hydrogens is 212 g/mol. The van der Waals surface area contributed by atoms with Crippen LogP contribution in [0.25, 0.3) is 10.8 Å². The predicted octanol–water partition coefficient (Wildman–Crippen LogP) is 2.88. The van der Waals surface area contributed by atoms with Gasteiger partial charge in [0.05, 0.1) is 14.7 Å². The van der Waals surface area contributed by atoms with Gasteiger partial charge in [0.15, 0.2) is 0 Å². The van der Waals surface area contributed by atoms with Crippen LogP contribution < -0.4 is 5.19 Å². The summed E-state index contributed by atoms with van der Waals surface area (Å²) in [5.41, 5.74) is 1.12. The summed E-state index contributed by atoms with van der Waals surface area (Å²) in [6.07, 6.45) is 0. The van der Waals surface area contributed by atoms with Crippen molar-refractivity contribution >= 4 is 24.0 Å². The summed E-state index contributed by atoms with van der Waals surface area (Å²) in [4.78, 5) is 0. The molecule has 0 heterocycles. The average Bonchev–Trinajstić information content (AvgIpc) is 2.26. The SMILES string of the molecule is C[Si](C)(C)c1ccc2ccccc2c1CO. The van der Waals surface area contributed by atoms with Crippen LogP contribution in [0.5, 0.6) is 0 Å². The zero-order valence-electron chi connectivity index (χ0n) is 10.1. The first-order chi connectivity index (χ1) is 7.54. The van der Waals surface area contributed by atoms with Gasteiger partial charge in [-0.2, -0.15) is 0 Å². The van der Waals surface area contributed by atoms with Crippen LogP contribution >= 0.6 is 0 Å². The van der Waals surface area contributed by atoms with Gasteiger partial charge in [-0.25, -0.2) is 0 Å². The van der Waals surface area contributed by atoms with Gasteiger partial charge in [-0.1, -0.05) is 61.2 Å². The molecule has 16 heavy (non-hydrogen) atoms. The molecule has 84 valence electrons. The molecule has 0 bridgehead atoms. The van der Waals surface area contributed by atoms with Crippen molar-refractivity contribution in [2.24, 2.45) is 0 Å². The Labute approximate surface area is 97.7 Å². The van der Waals surface area contributed by atoms with Crippen LogP contribution in [0.4, 0.5) is 0 Å². The van der Waals surface area contributed by atoms with Gasteiger partial charge >= 0.3 is 0 Å². The molecular formula is C14H18OSi. The van der Waals surface area contributed by atoms with Crippen molar-refractivity contribution in [3.63, 3.8) is 0 Å².